The second kappa shape index (κ2) is 6.70. The van der Waals surface area contributed by atoms with Crippen LogP contribution < -0.4 is 16.4 Å². The molecule has 3 unspecified atom stereocenters. The first-order valence-corrected chi connectivity index (χ1v) is 6.72. The zero-order valence-electron chi connectivity index (χ0n) is 24.0. The van der Waals surface area contributed by atoms with Crippen molar-refractivity contribution in [3.63, 3.8) is 0 Å². The van der Waals surface area contributed by atoms with E-state index in [1.807, 2.05) is 5.32 Å². The number of amides is 1. The summed E-state index contributed by atoms with van der Waals surface area (Å²) in [5.41, 5.74) is 4.15. The summed E-state index contributed by atoms with van der Waals surface area (Å²) in [4.78, 5) is 19.8. The van der Waals surface area contributed by atoms with E-state index in [9.17, 15) is 9.90 Å². The van der Waals surface area contributed by atoms with Gasteiger partial charge in [0.2, 0.25) is 5.95 Å². The van der Waals surface area contributed by atoms with Crippen molar-refractivity contribution in [3.8, 4) is 0 Å². The van der Waals surface area contributed by atoms with Crippen molar-refractivity contribution in [2.75, 3.05) is 10.6 Å². The van der Waals surface area contributed by atoms with E-state index >= 15 is 0 Å². The van der Waals surface area contributed by atoms with Crippen LogP contribution in [0.25, 0.3) is 0 Å². The number of aromatic nitrogens is 2. The van der Waals surface area contributed by atoms with Crippen LogP contribution in [-0.2, 0) is 0 Å². The molecule has 128 valence electrons. The molecule has 1 amide bonds. The second-order valence-corrected chi connectivity index (χ2v) is 5.83. The van der Waals surface area contributed by atoms with Crippen LogP contribution in [0.1, 0.15) is 72.2 Å². The summed E-state index contributed by atoms with van der Waals surface area (Å²) in [5.74, 6) is -5.72. The van der Waals surface area contributed by atoms with Gasteiger partial charge in [0.1, 0.15) is 5.82 Å². The van der Waals surface area contributed by atoms with E-state index in [-0.39, 0.29) is 5.95 Å². The molecule has 0 spiro atoms. The van der Waals surface area contributed by atoms with Crippen LogP contribution in [0.15, 0.2) is 6.20 Å². The molecule has 7 nitrogen and oxygen atoms in total. The van der Waals surface area contributed by atoms with Gasteiger partial charge in [0, 0.05) is 30.1 Å². The number of primary amides is 1. The zero-order chi connectivity index (χ0) is 26.9. The summed E-state index contributed by atoms with van der Waals surface area (Å²) >= 11 is 0. The average Bonchev–Trinajstić information content (AvgIpc) is 2.63. The highest BCUT2D eigenvalue weighted by Crippen LogP contribution is 2.27. The minimum atomic E-state index is -4.00. The fourth-order valence-corrected chi connectivity index (χ4v) is 1.64. The van der Waals surface area contributed by atoms with Crippen LogP contribution in [0.5, 0.6) is 0 Å². The Morgan fingerprint density at radius 2 is 2.30 bits per heavy atom. The number of anilines is 2. The van der Waals surface area contributed by atoms with E-state index in [1.54, 1.807) is 20.8 Å². The fourth-order valence-electron chi connectivity index (χ4n) is 1.64. The maximum Gasteiger partial charge on any atom is 0.254 e. The lowest BCUT2D eigenvalue weighted by atomic mass is 9.85. The van der Waals surface area contributed by atoms with Crippen molar-refractivity contribution < 1.29 is 25.0 Å². The van der Waals surface area contributed by atoms with Crippen LogP contribution in [0.2, 0.25) is 0 Å². The van der Waals surface area contributed by atoms with E-state index in [0.29, 0.717) is 0 Å². The predicted molar refractivity (Wildman–Crippen MR) is 90.4 cm³/mol. The topological polar surface area (TPSA) is 113 Å². The molecule has 0 aromatic carbocycles. The van der Waals surface area contributed by atoms with Crippen LogP contribution in [0, 0.1) is 5.89 Å². The molecule has 1 aliphatic carbocycles. The first-order valence-electron chi connectivity index (χ1n) is 12.4. The molecule has 0 bridgehead atoms. The van der Waals surface area contributed by atoms with Crippen LogP contribution >= 0.6 is 0 Å². The summed E-state index contributed by atoms with van der Waals surface area (Å²) in [6.45, 7) is 2.46. The molecule has 2 rings (SSSR count). The van der Waals surface area contributed by atoms with Gasteiger partial charge in [-0.05, 0) is 45.8 Å². The molecule has 0 aliphatic heterocycles. The number of rotatable bonds is 4. The number of aliphatic hydroxyl groups is 1. The SMILES string of the molecule is [2H]C([2H])C1([2H])C([2H])([2H])C([2H])([2H])C([2H])(Nc2nc(NC(C)(C)C)ncc2C(N)=O)C([2H])([2H])C1([2H])O. The molecular formula is C16H27N5O2. The summed E-state index contributed by atoms with van der Waals surface area (Å²) in [6.07, 6.45) is -14.5. The molecule has 3 atom stereocenters. The van der Waals surface area contributed by atoms with Gasteiger partial charge in [-0.2, -0.15) is 4.98 Å². The van der Waals surface area contributed by atoms with Crippen molar-refractivity contribution in [1.82, 2.24) is 9.97 Å². The third-order valence-electron chi connectivity index (χ3n) is 2.61. The molecule has 7 heteroatoms. The minimum absolute atomic E-state index is 0.156. The van der Waals surface area contributed by atoms with E-state index in [0.717, 1.165) is 6.20 Å². The zero-order valence-corrected chi connectivity index (χ0v) is 13.0. The van der Waals surface area contributed by atoms with Crippen molar-refractivity contribution in [1.29, 1.82) is 0 Å². The molecule has 1 fully saturated rings. The summed E-state index contributed by atoms with van der Waals surface area (Å²) in [6, 6.07) is -3.63. The van der Waals surface area contributed by atoms with Gasteiger partial charge in [-0.1, -0.05) is 6.88 Å². The third kappa shape index (κ3) is 4.79. The van der Waals surface area contributed by atoms with Gasteiger partial charge < -0.3 is 21.5 Å². The van der Waals surface area contributed by atoms with E-state index < -0.39 is 66.8 Å². The van der Waals surface area contributed by atoms with E-state index in [1.165, 1.54) is 0 Å². The number of nitrogens with zero attached hydrogens (tertiary/aromatic N) is 2. The van der Waals surface area contributed by atoms with Crippen molar-refractivity contribution in [3.05, 3.63) is 11.8 Å². The first-order chi connectivity index (χ1) is 14.9. The molecule has 1 saturated carbocycles. The lowest BCUT2D eigenvalue weighted by Gasteiger charge is -2.32. The van der Waals surface area contributed by atoms with Gasteiger partial charge in [-0.25, -0.2) is 4.98 Å². The molecule has 1 aromatic rings. The molecule has 0 radical (unpaired) electrons. The van der Waals surface area contributed by atoms with Crippen LogP contribution in [0.3, 0.4) is 0 Å². The molecular weight excluding hydrogens is 294 g/mol. The molecule has 0 saturated heterocycles. The van der Waals surface area contributed by atoms with Gasteiger partial charge in [-0.3, -0.25) is 4.79 Å². The Labute approximate surface area is 152 Å². The summed E-state index contributed by atoms with van der Waals surface area (Å²) < 4.78 is 89.7. The Kier molecular flexibility index (Phi) is 2.27. The average molecular weight is 332 g/mol. The van der Waals surface area contributed by atoms with Gasteiger partial charge in [0.25, 0.3) is 5.91 Å². The van der Waals surface area contributed by atoms with Gasteiger partial charge in [-0.15, -0.1) is 0 Å². The first kappa shape index (κ1) is 7.79. The van der Waals surface area contributed by atoms with Crippen LogP contribution in [-0.4, -0.2) is 38.6 Å². The Morgan fingerprint density at radius 1 is 1.57 bits per heavy atom. The maximum atomic E-state index is 11.9. The third-order valence-corrected chi connectivity index (χ3v) is 2.61. The lowest BCUT2D eigenvalue weighted by Crippen LogP contribution is -2.36. The Hall–Kier alpha value is -1.89. The fraction of sp³-hybridized carbons (Fsp3) is 0.688. The Balaban J connectivity index is 2.83. The molecule has 23 heavy (non-hydrogen) atoms. The van der Waals surface area contributed by atoms with Gasteiger partial charge >= 0.3 is 0 Å². The predicted octanol–water partition coefficient (Wildman–Crippen LogP) is 1.75. The Morgan fingerprint density at radius 3 is 2.91 bits per heavy atom. The highest BCUT2D eigenvalue weighted by atomic mass is 16.3. The van der Waals surface area contributed by atoms with Crippen molar-refractivity contribution in [2.45, 2.75) is 64.4 Å². The smallest absolute Gasteiger partial charge is 0.254 e. The standard InChI is InChI=1S/C16H27N5O2/c1-9-5-6-10(7-12(9)22)19-14-11(13(17)23)8-18-15(20-14)21-16(2,3)4/h8-10,12,22H,5-7H2,1-4H3,(H2,17,23)(H2,18,19,20,21)/i1D2,5D2,6D2,7D2,9D,10D,12D. The van der Waals surface area contributed by atoms with Crippen molar-refractivity contribution in [2.24, 2.45) is 11.6 Å². The van der Waals surface area contributed by atoms with Gasteiger partial charge in [0.05, 0.1) is 14.4 Å². The second-order valence-electron chi connectivity index (χ2n) is 5.83. The Bertz CT molecular complexity index is 953. The number of nitrogens with two attached hydrogens (primary N) is 1. The highest BCUT2D eigenvalue weighted by Gasteiger charge is 2.27. The molecule has 1 heterocycles. The molecule has 1 aliphatic rings. The summed E-state index contributed by atoms with van der Waals surface area (Å²) in [7, 11) is 0. The van der Waals surface area contributed by atoms with Gasteiger partial charge in [0.15, 0.2) is 0 Å². The van der Waals surface area contributed by atoms with Crippen LogP contribution in [0.4, 0.5) is 11.8 Å². The van der Waals surface area contributed by atoms with Crippen molar-refractivity contribution >= 4 is 17.7 Å². The minimum Gasteiger partial charge on any atom is -0.393 e. The summed E-state index contributed by atoms with van der Waals surface area (Å²) in [5, 5.41) is 15.6. The normalized spacial score (nSPS) is 48.3. The number of hydrogen-bond acceptors (Lipinski definition) is 6. The largest absolute Gasteiger partial charge is 0.393 e. The van der Waals surface area contributed by atoms with E-state index in [4.69, 9.17) is 20.8 Å². The van der Waals surface area contributed by atoms with E-state index in [2.05, 4.69) is 15.3 Å². The quantitative estimate of drug-likeness (QED) is 0.668. The lowest BCUT2D eigenvalue weighted by molar-refractivity contribution is 0.0739. The number of carbonyl (C=O) groups is 1. The monoisotopic (exact) mass is 332 g/mol. The highest BCUT2D eigenvalue weighted by molar-refractivity contribution is 5.97. The number of carbonyl (C=O) groups excluding carboxylic acids is 1. The number of nitrogens with one attached hydrogen (secondary N) is 2. The molecule has 1 aromatic heterocycles. The molecule has 5 N–H and O–H groups in total. The maximum absolute atomic E-state index is 11.9. The number of hydrogen-bond donors (Lipinski definition) is 4.